The Bertz CT molecular complexity index is 614. The molecule has 2 rings (SSSR count). The first kappa shape index (κ1) is 15.2. The third-order valence-electron chi connectivity index (χ3n) is 3.49. The lowest BCUT2D eigenvalue weighted by Gasteiger charge is -2.18. The predicted octanol–water partition coefficient (Wildman–Crippen LogP) is 0.719. The molecule has 0 spiro atoms. The van der Waals surface area contributed by atoms with Crippen LogP contribution in [0.5, 0.6) is 0 Å². The Hall–Kier alpha value is -2.22. The summed E-state index contributed by atoms with van der Waals surface area (Å²) in [5.41, 5.74) is 0.381. The molecule has 0 bridgehead atoms. The van der Waals surface area contributed by atoms with Gasteiger partial charge in [-0.05, 0) is 13.1 Å². The molecule has 21 heavy (non-hydrogen) atoms. The molecule has 2 aromatic rings. The highest BCUT2D eigenvalue weighted by Crippen LogP contribution is 2.20. The molecule has 2 heterocycles. The molecule has 0 aromatic carbocycles. The molecular formula is C13H20N6O2. The van der Waals surface area contributed by atoms with Crippen LogP contribution in [0.3, 0.4) is 0 Å². The maximum atomic E-state index is 11.3. The fourth-order valence-corrected chi connectivity index (χ4v) is 2.20. The van der Waals surface area contributed by atoms with Crippen LogP contribution < -0.4 is 0 Å². The summed E-state index contributed by atoms with van der Waals surface area (Å²) >= 11 is 0. The van der Waals surface area contributed by atoms with E-state index in [0.29, 0.717) is 18.1 Å². The molecule has 2 aromatic heterocycles. The first-order valence-corrected chi connectivity index (χ1v) is 6.95. The Morgan fingerprint density at radius 3 is 2.62 bits per heavy atom. The van der Waals surface area contributed by atoms with Crippen molar-refractivity contribution in [3.63, 3.8) is 0 Å². The minimum Gasteiger partial charge on any atom is -0.476 e. The van der Waals surface area contributed by atoms with Gasteiger partial charge in [-0.1, -0.05) is 19.1 Å². The zero-order valence-electron chi connectivity index (χ0n) is 12.5. The average Bonchev–Trinajstić information content (AvgIpc) is 3.05. The summed E-state index contributed by atoms with van der Waals surface area (Å²) in [5.74, 6) is -0.543. The van der Waals surface area contributed by atoms with E-state index < -0.39 is 5.97 Å². The Morgan fingerprint density at radius 1 is 1.38 bits per heavy atom. The average molecular weight is 292 g/mol. The smallest absolute Gasteiger partial charge is 0.358 e. The normalized spacial score (nSPS) is 11.2. The Kier molecular flexibility index (Phi) is 4.69. The van der Waals surface area contributed by atoms with Gasteiger partial charge in [-0.25, -0.2) is 14.5 Å². The van der Waals surface area contributed by atoms with Gasteiger partial charge in [-0.3, -0.25) is 0 Å². The summed E-state index contributed by atoms with van der Waals surface area (Å²) in [5, 5.41) is 17.0. The maximum Gasteiger partial charge on any atom is 0.358 e. The van der Waals surface area contributed by atoms with Crippen molar-refractivity contribution in [3.05, 3.63) is 18.1 Å². The fourth-order valence-electron chi connectivity index (χ4n) is 2.20. The zero-order valence-corrected chi connectivity index (χ0v) is 12.5. The molecule has 0 saturated carbocycles. The zero-order chi connectivity index (χ0) is 15.4. The number of imidazole rings is 1. The van der Waals surface area contributed by atoms with Crippen LogP contribution in [-0.4, -0.2) is 60.2 Å². The van der Waals surface area contributed by atoms with Gasteiger partial charge in [0.1, 0.15) is 5.69 Å². The lowest BCUT2D eigenvalue weighted by molar-refractivity contribution is 0.0691. The second-order valence-corrected chi connectivity index (χ2v) is 4.70. The maximum absolute atomic E-state index is 11.3. The number of carbonyl (C=O) groups is 1. The molecule has 0 unspecified atom stereocenters. The van der Waals surface area contributed by atoms with Crippen molar-refractivity contribution in [1.82, 2.24) is 29.4 Å². The first-order valence-electron chi connectivity index (χ1n) is 6.95. The molecular weight excluding hydrogens is 272 g/mol. The number of rotatable bonds is 7. The first-order chi connectivity index (χ1) is 10.1. The molecule has 0 saturated heterocycles. The van der Waals surface area contributed by atoms with Gasteiger partial charge >= 0.3 is 5.97 Å². The molecule has 0 aliphatic heterocycles. The molecule has 0 atom stereocenters. The van der Waals surface area contributed by atoms with E-state index in [9.17, 15) is 9.90 Å². The van der Waals surface area contributed by atoms with Crippen LogP contribution in [0.15, 0.2) is 12.4 Å². The van der Waals surface area contributed by atoms with Crippen LogP contribution in [0, 0.1) is 0 Å². The van der Waals surface area contributed by atoms with Crippen molar-refractivity contribution in [3.8, 4) is 11.5 Å². The van der Waals surface area contributed by atoms with Gasteiger partial charge in [-0.15, -0.1) is 5.10 Å². The largest absolute Gasteiger partial charge is 0.476 e. The number of carboxylic acids is 1. The van der Waals surface area contributed by atoms with Crippen molar-refractivity contribution in [2.24, 2.45) is 7.05 Å². The summed E-state index contributed by atoms with van der Waals surface area (Å²) in [6, 6.07) is 0. The highest BCUT2D eigenvalue weighted by Gasteiger charge is 2.23. The van der Waals surface area contributed by atoms with E-state index in [4.69, 9.17) is 0 Å². The number of aromatic carboxylic acids is 1. The summed E-state index contributed by atoms with van der Waals surface area (Å²) in [7, 11) is 1.82. The minimum absolute atomic E-state index is 0.0659. The van der Waals surface area contributed by atoms with E-state index in [2.05, 4.69) is 34.0 Å². The van der Waals surface area contributed by atoms with Gasteiger partial charge in [0.05, 0.1) is 6.54 Å². The second-order valence-electron chi connectivity index (χ2n) is 4.70. The molecule has 0 fully saturated rings. The Balaban J connectivity index is 2.34. The van der Waals surface area contributed by atoms with Gasteiger partial charge in [-0.2, -0.15) is 0 Å². The summed E-state index contributed by atoms with van der Waals surface area (Å²) < 4.78 is 3.38. The van der Waals surface area contributed by atoms with E-state index in [0.717, 1.165) is 19.6 Å². The van der Waals surface area contributed by atoms with E-state index >= 15 is 0 Å². The van der Waals surface area contributed by atoms with Crippen molar-refractivity contribution >= 4 is 5.97 Å². The summed E-state index contributed by atoms with van der Waals surface area (Å²) in [6.45, 7) is 7.42. The number of nitrogens with zero attached hydrogens (tertiary/aromatic N) is 6. The van der Waals surface area contributed by atoms with Crippen LogP contribution in [0.4, 0.5) is 0 Å². The number of likely N-dealkylation sites (N-methyl/N-ethyl adjacent to an activating group) is 1. The quantitative estimate of drug-likeness (QED) is 0.809. The summed E-state index contributed by atoms with van der Waals surface area (Å²) in [6.07, 6.45) is 3.39. The molecule has 0 radical (unpaired) electrons. The molecule has 114 valence electrons. The second kappa shape index (κ2) is 6.49. The van der Waals surface area contributed by atoms with E-state index in [-0.39, 0.29) is 5.69 Å². The summed E-state index contributed by atoms with van der Waals surface area (Å²) in [4.78, 5) is 17.8. The molecule has 0 amide bonds. The molecule has 0 aliphatic carbocycles. The standard InChI is InChI=1S/C13H20N6O2/c1-4-18(5-2)8-9-19-11(10(13(20)21)15-16-19)12-14-6-7-17(12)3/h6-7H,4-5,8-9H2,1-3H3,(H,20,21). The van der Waals surface area contributed by atoms with Crippen LogP contribution in [-0.2, 0) is 13.6 Å². The minimum atomic E-state index is -1.10. The van der Waals surface area contributed by atoms with E-state index in [1.807, 2.05) is 7.05 Å². The number of aromatic nitrogens is 5. The van der Waals surface area contributed by atoms with Crippen molar-refractivity contribution < 1.29 is 9.90 Å². The van der Waals surface area contributed by atoms with Gasteiger partial charge in [0.2, 0.25) is 5.69 Å². The van der Waals surface area contributed by atoms with Crippen LogP contribution in [0.2, 0.25) is 0 Å². The number of aryl methyl sites for hydroxylation is 1. The molecule has 8 nitrogen and oxygen atoms in total. The van der Waals surface area contributed by atoms with Gasteiger partial charge in [0, 0.05) is 26.0 Å². The van der Waals surface area contributed by atoms with Crippen LogP contribution in [0.25, 0.3) is 11.5 Å². The van der Waals surface area contributed by atoms with Crippen molar-refractivity contribution in [2.45, 2.75) is 20.4 Å². The highest BCUT2D eigenvalue weighted by atomic mass is 16.4. The van der Waals surface area contributed by atoms with Gasteiger partial charge < -0.3 is 14.6 Å². The highest BCUT2D eigenvalue weighted by molar-refractivity contribution is 5.91. The van der Waals surface area contributed by atoms with Gasteiger partial charge in [0.25, 0.3) is 0 Å². The lowest BCUT2D eigenvalue weighted by Crippen LogP contribution is -2.27. The van der Waals surface area contributed by atoms with Crippen molar-refractivity contribution in [1.29, 1.82) is 0 Å². The number of carboxylic acid groups (broad SMARTS) is 1. The number of hydrogen-bond acceptors (Lipinski definition) is 5. The molecule has 0 aliphatic rings. The SMILES string of the molecule is CCN(CC)CCn1nnc(C(=O)O)c1-c1nccn1C. The number of hydrogen-bond donors (Lipinski definition) is 1. The van der Waals surface area contributed by atoms with Crippen molar-refractivity contribution in [2.75, 3.05) is 19.6 Å². The molecule has 8 heteroatoms. The molecule has 1 N–H and O–H groups in total. The van der Waals surface area contributed by atoms with E-state index in [1.54, 1.807) is 21.6 Å². The topological polar surface area (TPSA) is 89.1 Å². The Morgan fingerprint density at radius 2 is 2.10 bits per heavy atom. The third-order valence-corrected chi connectivity index (χ3v) is 3.49. The third kappa shape index (κ3) is 3.10. The van der Waals surface area contributed by atoms with E-state index in [1.165, 1.54) is 0 Å². The van der Waals surface area contributed by atoms with Crippen LogP contribution >= 0.6 is 0 Å². The Labute approximate surface area is 123 Å². The fraction of sp³-hybridized carbons (Fsp3) is 0.538. The monoisotopic (exact) mass is 292 g/mol. The lowest BCUT2D eigenvalue weighted by atomic mass is 10.3. The van der Waals surface area contributed by atoms with Crippen LogP contribution in [0.1, 0.15) is 24.3 Å². The predicted molar refractivity (Wildman–Crippen MR) is 77.0 cm³/mol. The van der Waals surface area contributed by atoms with Gasteiger partial charge in [0.15, 0.2) is 5.82 Å².